The second kappa shape index (κ2) is 5.03. The normalized spacial score (nSPS) is 26.2. The summed E-state index contributed by atoms with van der Waals surface area (Å²) in [6, 6.07) is 0.806. The Morgan fingerprint density at radius 2 is 1.88 bits per heavy atom. The average molecular weight is 225 g/mol. The van der Waals surface area contributed by atoms with Crippen LogP contribution in [0.1, 0.15) is 32.1 Å². The summed E-state index contributed by atoms with van der Waals surface area (Å²) < 4.78 is 0. The molecular formula is C13H27N3. The van der Waals surface area contributed by atoms with E-state index in [1.165, 1.54) is 51.7 Å². The van der Waals surface area contributed by atoms with Crippen LogP contribution in [0.4, 0.5) is 0 Å². The first kappa shape index (κ1) is 12.3. The van der Waals surface area contributed by atoms with Crippen molar-refractivity contribution in [3.63, 3.8) is 0 Å². The number of hydrogen-bond donors (Lipinski definition) is 1. The molecule has 3 nitrogen and oxygen atoms in total. The molecule has 0 atom stereocenters. The molecule has 1 aliphatic carbocycles. The third-order valence-corrected chi connectivity index (χ3v) is 4.48. The van der Waals surface area contributed by atoms with Crippen molar-refractivity contribution in [2.45, 2.75) is 38.1 Å². The molecule has 94 valence electrons. The Kier molecular flexibility index (Phi) is 3.88. The first-order chi connectivity index (χ1) is 7.65. The van der Waals surface area contributed by atoms with Crippen molar-refractivity contribution in [2.24, 2.45) is 11.1 Å². The van der Waals surface area contributed by atoms with E-state index < -0.39 is 0 Å². The Morgan fingerprint density at radius 3 is 2.31 bits per heavy atom. The number of nitrogens with two attached hydrogens (primary N) is 1. The third-order valence-electron chi connectivity index (χ3n) is 4.48. The highest BCUT2D eigenvalue weighted by Crippen LogP contribution is 2.49. The quantitative estimate of drug-likeness (QED) is 0.761. The highest BCUT2D eigenvalue weighted by molar-refractivity contribution is 4.96. The van der Waals surface area contributed by atoms with Gasteiger partial charge in [-0.3, -0.25) is 0 Å². The Hall–Kier alpha value is -0.120. The zero-order chi connectivity index (χ0) is 11.6. The van der Waals surface area contributed by atoms with Gasteiger partial charge in [0, 0.05) is 12.6 Å². The van der Waals surface area contributed by atoms with Crippen LogP contribution in [0.5, 0.6) is 0 Å². The van der Waals surface area contributed by atoms with Crippen LogP contribution in [-0.4, -0.2) is 56.1 Å². The van der Waals surface area contributed by atoms with Crippen LogP contribution in [0.3, 0.4) is 0 Å². The van der Waals surface area contributed by atoms with Crippen LogP contribution >= 0.6 is 0 Å². The minimum absolute atomic E-state index is 0.625. The Labute approximate surface area is 100.0 Å². The molecule has 1 saturated heterocycles. The number of piperidine rings is 1. The van der Waals surface area contributed by atoms with Crippen molar-refractivity contribution in [2.75, 3.05) is 40.3 Å². The fourth-order valence-corrected chi connectivity index (χ4v) is 3.04. The molecule has 1 aliphatic heterocycles. The van der Waals surface area contributed by atoms with E-state index in [-0.39, 0.29) is 0 Å². The lowest BCUT2D eigenvalue weighted by Gasteiger charge is -2.37. The molecule has 0 amide bonds. The van der Waals surface area contributed by atoms with Gasteiger partial charge in [-0.1, -0.05) is 0 Å². The maximum Gasteiger partial charge on any atom is 0.0113 e. The maximum absolute atomic E-state index is 5.70. The van der Waals surface area contributed by atoms with Gasteiger partial charge in [0.2, 0.25) is 0 Å². The van der Waals surface area contributed by atoms with Crippen LogP contribution in [0.25, 0.3) is 0 Å². The van der Waals surface area contributed by atoms with E-state index in [1.54, 1.807) is 0 Å². The molecule has 0 aromatic rings. The fourth-order valence-electron chi connectivity index (χ4n) is 3.04. The highest BCUT2D eigenvalue weighted by Gasteiger charge is 2.43. The number of likely N-dealkylation sites (tertiary alicyclic amines) is 1. The molecule has 1 heterocycles. The van der Waals surface area contributed by atoms with Gasteiger partial charge in [-0.2, -0.15) is 0 Å². The first-order valence-corrected chi connectivity index (χ1v) is 6.74. The van der Waals surface area contributed by atoms with Gasteiger partial charge in [-0.25, -0.2) is 0 Å². The number of hydrogen-bond acceptors (Lipinski definition) is 3. The summed E-state index contributed by atoms with van der Waals surface area (Å²) in [5.41, 5.74) is 6.32. The zero-order valence-corrected chi connectivity index (χ0v) is 10.9. The lowest BCUT2D eigenvalue weighted by molar-refractivity contribution is 0.123. The molecule has 16 heavy (non-hydrogen) atoms. The highest BCUT2D eigenvalue weighted by atomic mass is 15.2. The zero-order valence-electron chi connectivity index (χ0n) is 10.9. The predicted molar refractivity (Wildman–Crippen MR) is 68.5 cm³/mol. The van der Waals surface area contributed by atoms with E-state index >= 15 is 0 Å². The summed E-state index contributed by atoms with van der Waals surface area (Å²) >= 11 is 0. The van der Waals surface area contributed by atoms with E-state index in [9.17, 15) is 0 Å². The van der Waals surface area contributed by atoms with Gasteiger partial charge < -0.3 is 15.5 Å². The van der Waals surface area contributed by atoms with E-state index in [0.29, 0.717) is 5.41 Å². The van der Waals surface area contributed by atoms with Crippen LogP contribution in [0.2, 0.25) is 0 Å². The van der Waals surface area contributed by atoms with Gasteiger partial charge in [-0.05, 0) is 71.2 Å². The molecule has 1 saturated carbocycles. The predicted octanol–water partition coefficient (Wildman–Crippen LogP) is 1.14. The minimum atomic E-state index is 0.625. The second-order valence-corrected chi connectivity index (χ2v) is 6.01. The van der Waals surface area contributed by atoms with E-state index in [1.807, 2.05) is 0 Å². The Morgan fingerprint density at radius 1 is 1.25 bits per heavy atom. The molecule has 2 fully saturated rings. The molecule has 3 heteroatoms. The molecule has 0 aromatic carbocycles. The molecule has 2 rings (SSSR count). The van der Waals surface area contributed by atoms with Crippen molar-refractivity contribution >= 4 is 0 Å². The van der Waals surface area contributed by atoms with Gasteiger partial charge in [0.25, 0.3) is 0 Å². The molecular weight excluding hydrogens is 198 g/mol. The SMILES string of the molecule is CN(C)C1CCN(CC2(CCN)CC2)CC1. The molecule has 2 aliphatic rings. The Balaban J connectivity index is 1.73. The maximum atomic E-state index is 5.70. The minimum Gasteiger partial charge on any atom is -0.330 e. The summed E-state index contributed by atoms with van der Waals surface area (Å²) in [7, 11) is 4.41. The summed E-state index contributed by atoms with van der Waals surface area (Å²) in [5, 5.41) is 0. The standard InChI is InChI=1S/C13H27N3/c1-15(2)12-3-9-16(10-4-12)11-13(5-6-13)7-8-14/h12H,3-11,14H2,1-2H3. The lowest BCUT2D eigenvalue weighted by Crippen LogP contribution is -2.44. The number of rotatable bonds is 5. The van der Waals surface area contributed by atoms with Gasteiger partial charge in [0.1, 0.15) is 0 Å². The molecule has 0 unspecified atom stereocenters. The summed E-state index contributed by atoms with van der Waals surface area (Å²) in [4.78, 5) is 5.05. The monoisotopic (exact) mass is 225 g/mol. The van der Waals surface area contributed by atoms with Crippen molar-refractivity contribution in [3.8, 4) is 0 Å². The van der Waals surface area contributed by atoms with Crippen LogP contribution in [0, 0.1) is 5.41 Å². The lowest BCUT2D eigenvalue weighted by atomic mass is 9.98. The number of nitrogens with zero attached hydrogens (tertiary/aromatic N) is 2. The average Bonchev–Trinajstić information content (AvgIpc) is 2.99. The van der Waals surface area contributed by atoms with Crippen LogP contribution in [0.15, 0.2) is 0 Å². The van der Waals surface area contributed by atoms with Gasteiger partial charge in [0.15, 0.2) is 0 Å². The smallest absolute Gasteiger partial charge is 0.0113 e. The van der Waals surface area contributed by atoms with Crippen molar-refractivity contribution in [1.82, 2.24) is 9.80 Å². The van der Waals surface area contributed by atoms with Crippen molar-refractivity contribution in [1.29, 1.82) is 0 Å². The molecule has 2 N–H and O–H groups in total. The molecule has 0 spiro atoms. The first-order valence-electron chi connectivity index (χ1n) is 6.74. The van der Waals surface area contributed by atoms with Gasteiger partial charge in [-0.15, -0.1) is 0 Å². The molecule has 0 radical (unpaired) electrons. The van der Waals surface area contributed by atoms with Gasteiger partial charge >= 0.3 is 0 Å². The van der Waals surface area contributed by atoms with Gasteiger partial charge in [0.05, 0.1) is 0 Å². The van der Waals surface area contributed by atoms with Crippen molar-refractivity contribution < 1.29 is 0 Å². The third kappa shape index (κ3) is 2.96. The summed E-state index contributed by atoms with van der Waals surface area (Å²) in [6.45, 7) is 4.75. The van der Waals surface area contributed by atoms with Crippen LogP contribution in [-0.2, 0) is 0 Å². The van der Waals surface area contributed by atoms with Crippen LogP contribution < -0.4 is 5.73 Å². The fraction of sp³-hybridized carbons (Fsp3) is 1.00. The topological polar surface area (TPSA) is 32.5 Å². The Bertz CT molecular complexity index is 215. The second-order valence-electron chi connectivity index (χ2n) is 6.01. The van der Waals surface area contributed by atoms with E-state index in [0.717, 1.165) is 12.6 Å². The van der Waals surface area contributed by atoms with E-state index in [2.05, 4.69) is 23.9 Å². The molecule has 0 aromatic heterocycles. The summed E-state index contributed by atoms with van der Waals surface area (Å²) in [6.07, 6.45) is 6.74. The summed E-state index contributed by atoms with van der Waals surface area (Å²) in [5.74, 6) is 0. The van der Waals surface area contributed by atoms with Crippen molar-refractivity contribution in [3.05, 3.63) is 0 Å². The van der Waals surface area contributed by atoms with E-state index in [4.69, 9.17) is 5.73 Å². The largest absolute Gasteiger partial charge is 0.330 e. The molecule has 0 bridgehead atoms.